The molecule has 0 aliphatic carbocycles. The Morgan fingerprint density at radius 2 is 1.55 bits per heavy atom. The Bertz CT molecular complexity index is 313. The number of carbonyl (C=O) groups is 1. The van der Waals surface area contributed by atoms with Gasteiger partial charge in [0, 0.05) is 26.7 Å². The van der Waals surface area contributed by atoms with E-state index in [-0.39, 0.29) is 28.9 Å². The molecular formula is C16H30O5S. The molecule has 0 aromatic rings. The topological polar surface area (TPSA) is 54.0 Å². The van der Waals surface area contributed by atoms with Crippen LogP contribution in [0.2, 0.25) is 0 Å². The fourth-order valence-electron chi connectivity index (χ4n) is 2.31. The maximum absolute atomic E-state index is 11.3. The van der Waals surface area contributed by atoms with Crippen molar-refractivity contribution in [1.82, 2.24) is 0 Å². The minimum Gasteiger partial charge on any atom is -0.449 e. The van der Waals surface area contributed by atoms with Gasteiger partial charge in [0.25, 0.3) is 0 Å². The Labute approximate surface area is 138 Å². The molecule has 0 aromatic heterocycles. The molecule has 130 valence electrons. The zero-order chi connectivity index (χ0) is 16.4. The summed E-state index contributed by atoms with van der Waals surface area (Å²) in [5, 5.41) is 0.129. The van der Waals surface area contributed by atoms with Gasteiger partial charge in [0.1, 0.15) is 12.2 Å². The highest BCUT2D eigenvalue weighted by Crippen LogP contribution is 2.39. The predicted octanol–water partition coefficient (Wildman–Crippen LogP) is 3.01. The third-order valence-electron chi connectivity index (χ3n) is 3.21. The van der Waals surface area contributed by atoms with E-state index >= 15 is 0 Å². The van der Waals surface area contributed by atoms with Crippen LogP contribution in [0.4, 0.5) is 0 Å². The normalized spacial score (nSPS) is 28.0. The molecule has 0 aromatic carbocycles. The quantitative estimate of drug-likeness (QED) is 0.428. The molecule has 0 saturated carbocycles. The largest absolute Gasteiger partial charge is 0.449 e. The molecule has 1 rings (SSSR count). The molecule has 22 heavy (non-hydrogen) atoms. The van der Waals surface area contributed by atoms with Gasteiger partial charge in [0.2, 0.25) is 0 Å². The van der Waals surface area contributed by atoms with Crippen LogP contribution in [-0.4, -0.2) is 55.3 Å². The molecule has 1 unspecified atom stereocenters. The van der Waals surface area contributed by atoms with Crippen LogP contribution < -0.4 is 0 Å². The summed E-state index contributed by atoms with van der Waals surface area (Å²) in [5.41, 5.74) is -0.318. The van der Waals surface area contributed by atoms with E-state index in [1.807, 2.05) is 0 Å². The van der Waals surface area contributed by atoms with Gasteiger partial charge in [-0.3, -0.25) is 4.79 Å². The van der Waals surface area contributed by atoms with Crippen molar-refractivity contribution >= 4 is 17.7 Å². The third-order valence-corrected chi connectivity index (χ3v) is 4.60. The first-order valence-corrected chi connectivity index (χ1v) is 9.21. The van der Waals surface area contributed by atoms with Gasteiger partial charge in [-0.2, -0.15) is 0 Å². The summed E-state index contributed by atoms with van der Waals surface area (Å²) in [6.07, 6.45) is 2.53. The third kappa shape index (κ3) is 6.44. The van der Waals surface area contributed by atoms with Crippen molar-refractivity contribution in [3.63, 3.8) is 0 Å². The van der Waals surface area contributed by atoms with Crippen molar-refractivity contribution in [2.75, 3.05) is 26.4 Å². The molecule has 1 aliphatic rings. The van der Waals surface area contributed by atoms with Crippen LogP contribution >= 0.6 is 11.8 Å². The molecule has 4 atom stereocenters. The van der Waals surface area contributed by atoms with Gasteiger partial charge in [-0.25, -0.2) is 0 Å². The summed E-state index contributed by atoms with van der Waals surface area (Å²) in [6.45, 7) is 10.3. The average molecular weight is 334 g/mol. The standard InChI is InChI=1S/C16H30O5S/c1-5-8-18-11-13-14(19-9-6-2)15(20-10-7-3)16(22-13)21-12(4)17/h13-16H,5-11H2,1-4H3/t13-,14+,15+,16?/m1/s1. The van der Waals surface area contributed by atoms with Crippen molar-refractivity contribution in [2.24, 2.45) is 0 Å². The van der Waals surface area contributed by atoms with Crippen LogP contribution in [0.15, 0.2) is 0 Å². The highest BCUT2D eigenvalue weighted by Gasteiger charge is 2.47. The Morgan fingerprint density at radius 3 is 2.09 bits per heavy atom. The van der Waals surface area contributed by atoms with Crippen molar-refractivity contribution in [1.29, 1.82) is 0 Å². The molecule has 5 nitrogen and oxygen atoms in total. The Hall–Kier alpha value is -0.300. The number of esters is 1. The summed E-state index contributed by atoms with van der Waals surface area (Å²) < 4.78 is 23.1. The van der Waals surface area contributed by atoms with Crippen LogP contribution in [0, 0.1) is 0 Å². The van der Waals surface area contributed by atoms with E-state index in [4.69, 9.17) is 18.9 Å². The fourth-order valence-corrected chi connectivity index (χ4v) is 3.80. The molecule has 0 spiro atoms. The maximum Gasteiger partial charge on any atom is 0.303 e. The zero-order valence-corrected chi connectivity index (χ0v) is 15.0. The smallest absolute Gasteiger partial charge is 0.303 e. The second-order valence-corrected chi connectivity index (χ2v) is 6.74. The van der Waals surface area contributed by atoms with E-state index in [9.17, 15) is 4.79 Å². The monoisotopic (exact) mass is 334 g/mol. The van der Waals surface area contributed by atoms with Crippen LogP contribution in [0.1, 0.15) is 47.0 Å². The SMILES string of the molecule is CCCOC[C@H]1SC(OC(C)=O)[C@@H](OCCC)[C@H]1OCCC. The number of ether oxygens (including phenoxy) is 4. The van der Waals surface area contributed by atoms with E-state index in [0.717, 1.165) is 25.9 Å². The van der Waals surface area contributed by atoms with E-state index in [1.165, 1.54) is 6.92 Å². The second-order valence-electron chi connectivity index (χ2n) is 5.40. The Morgan fingerprint density at radius 1 is 0.955 bits per heavy atom. The lowest BCUT2D eigenvalue weighted by atomic mass is 10.1. The molecule has 0 bridgehead atoms. The lowest BCUT2D eigenvalue weighted by Gasteiger charge is -2.25. The molecule has 1 aliphatic heterocycles. The zero-order valence-electron chi connectivity index (χ0n) is 14.2. The van der Waals surface area contributed by atoms with Crippen molar-refractivity contribution in [3.05, 3.63) is 0 Å². The molecule has 0 radical (unpaired) electrons. The van der Waals surface area contributed by atoms with Crippen LogP contribution in [-0.2, 0) is 23.7 Å². The van der Waals surface area contributed by atoms with Gasteiger partial charge >= 0.3 is 5.97 Å². The van der Waals surface area contributed by atoms with Crippen LogP contribution in [0.5, 0.6) is 0 Å². The number of rotatable bonds is 11. The Balaban J connectivity index is 2.73. The molecular weight excluding hydrogens is 304 g/mol. The Kier molecular flexibility index (Phi) is 10.1. The summed E-state index contributed by atoms with van der Waals surface area (Å²) in [7, 11) is 0. The van der Waals surface area contributed by atoms with Crippen LogP contribution in [0.25, 0.3) is 0 Å². The second kappa shape index (κ2) is 11.3. The van der Waals surface area contributed by atoms with Gasteiger partial charge in [0.15, 0.2) is 5.44 Å². The minimum atomic E-state index is -0.318. The molecule has 1 saturated heterocycles. The van der Waals surface area contributed by atoms with Gasteiger partial charge in [-0.1, -0.05) is 20.8 Å². The van der Waals surface area contributed by atoms with E-state index in [0.29, 0.717) is 19.8 Å². The lowest BCUT2D eigenvalue weighted by Crippen LogP contribution is -2.40. The van der Waals surface area contributed by atoms with E-state index in [1.54, 1.807) is 11.8 Å². The van der Waals surface area contributed by atoms with Crippen molar-refractivity contribution < 1.29 is 23.7 Å². The van der Waals surface area contributed by atoms with Gasteiger partial charge in [0.05, 0.1) is 11.9 Å². The summed E-state index contributed by atoms with van der Waals surface area (Å²) in [5.74, 6) is -0.285. The number of thioether (sulfide) groups is 1. The summed E-state index contributed by atoms with van der Waals surface area (Å²) >= 11 is 1.59. The molecule has 0 amide bonds. The molecule has 6 heteroatoms. The highest BCUT2D eigenvalue weighted by atomic mass is 32.2. The van der Waals surface area contributed by atoms with Crippen LogP contribution in [0.3, 0.4) is 0 Å². The predicted molar refractivity (Wildman–Crippen MR) is 88.1 cm³/mol. The highest BCUT2D eigenvalue weighted by molar-refractivity contribution is 8.00. The molecule has 0 N–H and O–H groups in total. The minimum absolute atomic E-state index is 0.0993. The maximum atomic E-state index is 11.3. The number of hydrogen-bond donors (Lipinski definition) is 0. The molecule has 1 fully saturated rings. The fraction of sp³-hybridized carbons (Fsp3) is 0.938. The first kappa shape index (κ1) is 19.7. The molecule has 1 heterocycles. The van der Waals surface area contributed by atoms with Gasteiger partial charge < -0.3 is 18.9 Å². The summed E-state index contributed by atoms with van der Waals surface area (Å²) in [6, 6.07) is 0. The van der Waals surface area contributed by atoms with Gasteiger partial charge in [-0.15, -0.1) is 11.8 Å². The van der Waals surface area contributed by atoms with Crippen molar-refractivity contribution in [3.8, 4) is 0 Å². The van der Waals surface area contributed by atoms with E-state index in [2.05, 4.69) is 20.8 Å². The first-order chi connectivity index (χ1) is 10.6. The summed E-state index contributed by atoms with van der Waals surface area (Å²) in [4.78, 5) is 11.3. The first-order valence-electron chi connectivity index (χ1n) is 8.27. The van der Waals surface area contributed by atoms with Crippen molar-refractivity contribution in [2.45, 2.75) is 69.9 Å². The van der Waals surface area contributed by atoms with Gasteiger partial charge in [-0.05, 0) is 19.3 Å². The number of hydrogen-bond acceptors (Lipinski definition) is 6. The lowest BCUT2D eigenvalue weighted by molar-refractivity contribution is -0.153. The number of carbonyl (C=O) groups excluding carboxylic acids is 1. The average Bonchev–Trinajstić information content (AvgIpc) is 2.79. The van der Waals surface area contributed by atoms with E-state index < -0.39 is 0 Å².